The molecule has 1 saturated carbocycles. The van der Waals surface area contributed by atoms with Crippen LogP contribution in [0, 0.1) is 5.41 Å². The Kier molecular flexibility index (Phi) is 1.84. The quantitative estimate of drug-likeness (QED) is 0.748. The Morgan fingerprint density at radius 2 is 2.07 bits per heavy atom. The minimum atomic E-state index is -0.0626. The van der Waals surface area contributed by atoms with Crippen LogP contribution in [0.5, 0.6) is 0 Å². The van der Waals surface area contributed by atoms with E-state index in [1.807, 2.05) is 0 Å². The first kappa shape index (κ1) is 8.95. The number of aromatic amines is 1. The van der Waals surface area contributed by atoms with Gasteiger partial charge in [0.25, 0.3) is 5.56 Å². The lowest BCUT2D eigenvalue weighted by atomic mass is 9.78. The molecule has 2 fully saturated rings. The lowest BCUT2D eigenvalue weighted by Gasteiger charge is -2.48. The molecule has 1 aliphatic carbocycles. The predicted octanol–water partition coefficient (Wildman–Crippen LogP) is 1.15. The first-order chi connectivity index (χ1) is 7.27. The topological polar surface area (TPSA) is 49.0 Å². The number of anilines is 1. The van der Waals surface area contributed by atoms with Gasteiger partial charge in [-0.15, -0.1) is 0 Å². The van der Waals surface area contributed by atoms with Crippen LogP contribution in [0.2, 0.25) is 0 Å². The van der Waals surface area contributed by atoms with Gasteiger partial charge in [-0.1, -0.05) is 12.8 Å². The molecule has 1 N–H and O–H groups in total. The SMILES string of the molecule is O=c1ccnc(N2CC3(CCCC3)C2)[nH]1. The van der Waals surface area contributed by atoms with Crippen molar-refractivity contribution in [1.82, 2.24) is 9.97 Å². The molecular formula is C11H15N3O. The van der Waals surface area contributed by atoms with E-state index in [4.69, 9.17) is 0 Å². The highest BCUT2D eigenvalue weighted by atomic mass is 16.1. The van der Waals surface area contributed by atoms with Gasteiger partial charge in [0.2, 0.25) is 5.95 Å². The third kappa shape index (κ3) is 1.44. The molecule has 3 rings (SSSR count). The molecule has 0 amide bonds. The number of nitrogens with one attached hydrogen (secondary N) is 1. The molecule has 1 saturated heterocycles. The van der Waals surface area contributed by atoms with Crippen molar-refractivity contribution < 1.29 is 0 Å². The number of hydrogen-bond donors (Lipinski definition) is 1. The Hall–Kier alpha value is -1.32. The number of nitrogens with zero attached hydrogens (tertiary/aromatic N) is 2. The van der Waals surface area contributed by atoms with Crippen LogP contribution in [0.4, 0.5) is 5.95 Å². The standard InChI is InChI=1S/C11H15N3O/c15-9-3-6-12-10(13-9)14-7-11(8-14)4-1-2-5-11/h3,6H,1-2,4-5,7-8H2,(H,12,13,15). The fourth-order valence-electron chi connectivity index (χ4n) is 2.87. The highest BCUT2D eigenvalue weighted by Gasteiger charge is 2.45. The molecule has 0 atom stereocenters. The molecule has 2 heterocycles. The molecule has 2 aliphatic rings. The Bertz CT molecular complexity index is 412. The molecule has 80 valence electrons. The third-order valence-corrected chi connectivity index (χ3v) is 3.67. The van der Waals surface area contributed by atoms with Gasteiger partial charge in [-0.3, -0.25) is 9.78 Å². The first-order valence-electron chi connectivity index (χ1n) is 5.58. The van der Waals surface area contributed by atoms with Gasteiger partial charge in [-0.2, -0.15) is 0 Å². The molecule has 0 aromatic carbocycles. The van der Waals surface area contributed by atoms with E-state index in [1.54, 1.807) is 6.20 Å². The van der Waals surface area contributed by atoms with Crippen molar-refractivity contribution in [2.75, 3.05) is 18.0 Å². The minimum Gasteiger partial charge on any atom is -0.341 e. The lowest BCUT2D eigenvalue weighted by molar-refractivity contribution is 0.219. The maximum atomic E-state index is 11.1. The second-order valence-electron chi connectivity index (χ2n) is 4.82. The van der Waals surface area contributed by atoms with E-state index in [0.717, 1.165) is 19.0 Å². The zero-order valence-electron chi connectivity index (χ0n) is 8.70. The molecule has 4 nitrogen and oxygen atoms in total. The molecule has 1 spiro atoms. The largest absolute Gasteiger partial charge is 0.341 e. The normalized spacial score (nSPS) is 23.1. The summed E-state index contributed by atoms with van der Waals surface area (Å²) in [4.78, 5) is 20.3. The van der Waals surface area contributed by atoms with Gasteiger partial charge in [0.1, 0.15) is 0 Å². The Labute approximate surface area is 88.3 Å². The van der Waals surface area contributed by atoms with Crippen molar-refractivity contribution in [2.24, 2.45) is 5.41 Å². The van der Waals surface area contributed by atoms with Gasteiger partial charge in [0.05, 0.1) is 0 Å². The Morgan fingerprint density at radius 3 is 2.73 bits per heavy atom. The molecule has 0 unspecified atom stereocenters. The van der Waals surface area contributed by atoms with Crippen LogP contribution < -0.4 is 10.5 Å². The molecule has 4 heteroatoms. The van der Waals surface area contributed by atoms with Crippen LogP contribution in [-0.4, -0.2) is 23.1 Å². The molecule has 1 aliphatic heterocycles. The summed E-state index contributed by atoms with van der Waals surface area (Å²) in [6.45, 7) is 2.14. The Balaban J connectivity index is 1.74. The average Bonchev–Trinajstić information content (AvgIpc) is 2.64. The summed E-state index contributed by atoms with van der Waals surface area (Å²) >= 11 is 0. The number of hydrogen-bond acceptors (Lipinski definition) is 3. The zero-order valence-corrected chi connectivity index (χ0v) is 8.70. The van der Waals surface area contributed by atoms with Crippen molar-refractivity contribution in [3.8, 4) is 0 Å². The highest BCUT2D eigenvalue weighted by molar-refractivity contribution is 5.35. The van der Waals surface area contributed by atoms with E-state index in [1.165, 1.54) is 31.7 Å². The fraction of sp³-hybridized carbons (Fsp3) is 0.636. The van der Waals surface area contributed by atoms with Gasteiger partial charge in [0, 0.05) is 30.8 Å². The fourth-order valence-corrected chi connectivity index (χ4v) is 2.87. The Morgan fingerprint density at radius 1 is 1.33 bits per heavy atom. The number of rotatable bonds is 1. The predicted molar refractivity (Wildman–Crippen MR) is 58.0 cm³/mol. The lowest BCUT2D eigenvalue weighted by Crippen LogP contribution is -2.55. The monoisotopic (exact) mass is 205 g/mol. The van der Waals surface area contributed by atoms with E-state index in [0.29, 0.717) is 5.41 Å². The molecule has 1 aromatic rings. The van der Waals surface area contributed by atoms with Gasteiger partial charge >= 0.3 is 0 Å². The summed E-state index contributed by atoms with van der Waals surface area (Å²) in [6.07, 6.45) is 7.01. The van der Waals surface area contributed by atoms with E-state index in [9.17, 15) is 4.79 Å². The summed E-state index contributed by atoms with van der Waals surface area (Å²) < 4.78 is 0. The second-order valence-corrected chi connectivity index (χ2v) is 4.82. The smallest absolute Gasteiger partial charge is 0.252 e. The van der Waals surface area contributed by atoms with Crippen molar-refractivity contribution in [3.05, 3.63) is 22.6 Å². The van der Waals surface area contributed by atoms with Gasteiger partial charge in [0.15, 0.2) is 0 Å². The summed E-state index contributed by atoms with van der Waals surface area (Å²) in [5, 5.41) is 0. The van der Waals surface area contributed by atoms with Gasteiger partial charge in [-0.05, 0) is 12.8 Å². The van der Waals surface area contributed by atoms with Crippen LogP contribution in [0.15, 0.2) is 17.1 Å². The summed E-state index contributed by atoms with van der Waals surface area (Å²) in [6, 6.07) is 1.45. The van der Waals surface area contributed by atoms with E-state index >= 15 is 0 Å². The molecular weight excluding hydrogens is 190 g/mol. The third-order valence-electron chi connectivity index (χ3n) is 3.67. The van der Waals surface area contributed by atoms with Gasteiger partial charge < -0.3 is 4.90 Å². The second kappa shape index (κ2) is 3.08. The molecule has 1 aromatic heterocycles. The van der Waals surface area contributed by atoms with Crippen molar-refractivity contribution in [2.45, 2.75) is 25.7 Å². The van der Waals surface area contributed by atoms with Crippen LogP contribution in [-0.2, 0) is 0 Å². The van der Waals surface area contributed by atoms with E-state index in [-0.39, 0.29) is 5.56 Å². The van der Waals surface area contributed by atoms with Crippen LogP contribution in [0.1, 0.15) is 25.7 Å². The maximum Gasteiger partial charge on any atom is 0.252 e. The molecule has 0 radical (unpaired) electrons. The van der Waals surface area contributed by atoms with Crippen LogP contribution in [0.25, 0.3) is 0 Å². The average molecular weight is 205 g/mol. The van der Waals surface area contributed by atoms with Crippen molar-refractivity contribution >= 4 is 5.95 Å². The molecule has 0 bridgehead atoms. The minimum absolute atomic E-state index is 0.0626. The van der Waals surface area contributed by atoms with Crippen molar-refractivity contribution in [1.29, 1.82) is 0 Å². The highest BCUT2D eigenvalue weighted by Crippen LogP contribution is 2.45. The zero-order chi connectivity index (χ0) is 10.3. The van der Waals surface area contributed by atoms with Gasteiger partial charge in [-0.25, -0.2) is 4.98 Å². The van der Waals surface area contributed by atoms with Crippen LogP contribution in [0.3, 0.4) is 0 Å². The summed E-state index contributed by atoms with van der Waals surface area (Å²) in [5.74, 6) is 0.736. The maximum absolute atomic E-state index is 11.1. The molecule has 15 heavy (non-hydrogen) atoms. The van der Waals surface area contributed by atoms with Crippen molar-refractivity contribution in [3.63, 3.8) is 0 Å². The summed E-state index contributed by atoms with van der Waals surface area (Å²) in [7, 11) is 0. The number of H-pyrrole nitrogens is 1. The summed E-state index contributed by atoms with van der Waals surface area (Å²) in [5.41, 5.74) is 0.487. The van der Waals surface area contributed by atoms with E-state index in [2.05, 4.69) is 14.9 Å². The number of aromatic nitrogens is 2. The van der Waals surface area contributed by atoms with E-state index < -0.39 is 0 Å². The van der Waals surface area contributed by atoms with Crippen LogP contribution >= 0.6 is 0 Å². The first-order valence-corrected chi connectivity index (χ1v) is 5.58.